The third kappa shape index (κ3) is 2.02. The maximum atomic E-state index is 5.43. The zero-order valence-corrected chi connectivity index (χ0v) is 12.6. The minimum atomic E-state index is 0.876. The summed E-state index contributed by atoms with van der Waals surface area (Å²) in [4.78, 5) is 0. The maximum Gasteiger partial charge on any atom is 0.196 e. The quantitative estimate of drug-likeness (QED) is 0.531. The van der Waals surface area contributed by atoms with Gasteiger partial charge in [0.15, 0.2) is 5.82 Å². The van der Waals surface area contributed by atoms with Crippen LogP contribution >= 0.6 is 0 Å². The van der Waals surface area contributed by atoms with Crippen LogP contribution in [0.1, 0.15) is 11.1 Å². The summed E-state index contributed by atoms with van der Waals surface area (Å²) >= 11 is 0. The Morgan fingerprint density at radius 3 is 2.81 bits per heavy atom. The van der Waals surface area contributed by atoms with Gasteiger partial charge in [0.25, 0.3) is 0 Å². The van der Waals surface area contributed by atoms with E-state index in [1.807, 2.05) is 37.5 Å². The molecule has 0 saturated heterocycles. The predicted molar refractivity (Wildman–Crippen MR) is 83.8 cm³/mol. The first kappa shape index (κ1) is 13.4. The first-order chi connectivity index (χ1) is 10.2. The predicted octanol–water partition coefficient (Wildman–Crippen LogP) is 3.17. The molecule has 0 bridgehead atoms. The van der Waals surface area contributed by atoms with Crippen LogP contribution in [0.3, 0.4) is 0 Å². The molecule has 106 valence electrons. The molecule has 1 aromatic carbocycles. The number of nitrogens with zero attached hydrogens (tertiary/aromatic N) is 2. The van der Waals surface area contributed by atoms with Gasteiger partial charge in [-0.2, -0.15) is 0 Å². The van der Waals surface area contributed by atoms with Crippen molar-refractivity contribution in [1.82, 2.24) is 4.57 Å². The molecule has 0 aliphatic carbocycles. The van der Waals surface area contributed by atoms with Crippen LogP contribution in [0.4, 0.5) is 0 Å². The van der Waals surface area contributed by atoms with Crippen LogP contribution in [0.2, 0.25) is 0 Å². The van der Waals surface area contributed by atoms with Crippen molar-refractivity contribution < 1.29 is 9.30 Å². The Morgan fingerprint density at radius 1 is 1.29 bits per heavy atom. The first-order valence-electron chi connectivity index (χ1n) is 6.86. The molecule has 3 nitrogen and oxygen atoms in total. The van der Waals surface area contributed by atoms with E-state index in [9.17, 15) is 0 Å². The van der Waals surface area contributed by atoms with Crippen LogP contribution in [-0.2, 0) is 7.05 Å². The first-order valence-corrected chi connectivity index (χ1v) is 6.86. The molecule has 0 spiro atoms. The molecule has 0 atom stereocenters. The molecule has 0 amide bonds. The number of ether oxygens (including phenoxy) is 1. The molecule has 0 unspecified atom stereocenters. The molecule has 2 aliphatic heterocycles. The molecule has 0 radical (unpaired) electrons. The van der Waals surface area contributed by atoms with Crippen LogP contribution in [0, 0.1) is 13.1 Å². The van der Waals surface area contributed by atoms with Gasteiger partial charge in [-0.3, -0.25) is 9.13 Å². The Bertz CT molecular complexity index is 786. The molecular weight excluding hydrogens is 260 g/mol. The molecule has 2 aliphatic rings. The number of benzene rings is 1. The van der Waals surface area contributed by atoms with Gasteiger partial charge in [-0.25, -0.2) is 0 Å². The van der Waals surface area contributed by atoms with Crippen LogP contribution < -0.4 is 9.30 Å². The van der Waals surface area contributed by atoms with Gasteiger partial charge in [0, 0.05) is 5.56 Å². The number of rotatable bonds is 3. The second-order valence-electron chi connectivity index (χ2n) is 5.03. The molecular formula is C18H18N2O. The highest BCUT2D eigenvalue weighted by atomic mass is 16.5. The van der Waals surface area contributed by atoms with E-state index in [2.05, 4.69) is 41.0 Å². The van der Waals surface area contributed by atoms with Gasteiger partial charge >= 0.3 is 0 Å². The molecule has 0 N–H and O–H groups in total. The third-order valence-electron chi connectivity index (χ3n) is 3.80. The number of hydrogen-bond donors (Lipinski definition) is 0. The smallest absolute Gasteiger partial charge is 0.196 e. The number of aryl methyl sites for hydroxylation is 1. The third-order valence-corrected chi connectivity index (χ3v) is 3.80. The van der Waals surface area contributed by atoms with Crippen molar-refractivity contribution in [1.29, 1.82) is 0 Å². The maximum absolute atomic E-state index is 5.43. The average molecular weight is 278 g/mol. The minimum absolute atomic E-state index is 0.876. The van der Waals surface area contributed by atoms with E-state index >= 15 is 0 Å². The highest BCUT2D eigenvalue weighted by molar-refractivity contribution is 5.69. The van der Waals surface area contributed by atoms with Gasteiger partial charge in [0.05, 0.1) is 32.2 Å². The summed E-state index contributed by atoms with van der Waals surface area (Å²) in [6, 6.07) is 10.2. The van der Waals surface area contributed by atoms with E-state index in [0.717, 1.165) is 34.0 Å². The molecule has 1 aromatic rings. The van der Waals surface area contributed by atoms with Gasteiger partial charge in [-0.1, -0.05) is 17.7 Å². The Balaban J connectivity index is 2.33. The lowest BCUT2D eigenvalue weighted by atomic mass is 10.1. The van der Waals surface area contributed by atoms with Crippen molar-refractivity contribution in [2.24, 2.45) is 7.05 Å². The number of aromatic nitrogens is 2. The lowest BCUT2D eigenvalue weighted by molar-refractivity contribution is -0.589. The highest BCUT2D eigenvalue weighted by Gasteiger charge is 2.18. The SMILES string of the molecule is C=Cc1[c-][n+](-c2cccc(OC)c2C)c2n(C)cccc1-2. The van der Waals surface area contributed by atoms with E-state index in [-0.39, 0.29) is 0 Å². The fourth-order valence-electron chi connectivity index (χ4n) is 2.72. The Hall–Kier alpha value is -2.55. The summed E-state index contributed by atoms with van der Waals surface area (Å²) in [5, 5.41) is 0. The minimum Gasteiger partial charge on any atom is -0.497 e. The van der Waals surface area contributed by atoms with Crippen molar-refractivity contribution in [2.45, 2.75) is 6.92 Å². The van der Waals surface area contributed by atoms with E-state index < -0.39 is 0 Å². The number of pyridine rings is 1. The molecule has 3 heteroatoms. The second kappa shape index (κ2) is 5.09. The van der Waals surface area contributed by atoms with Crippen molar-refractivity contribution in [3.05, 3.63) is 60.4 Å². The van der Waals surface area contributed by atoms with Gasteiger partial charge in [-0.15, -0.1) is 12.7 Å². The summed E-state index contributed by atoms with van der Waals surface area (Å²) in [6.45, 7) is 5.96. The van der Waals surface area contributed by atoms with Gasteiger partial charge in [0.1, 0.15) is 5.75 Å². The average Bonchev–Trinajstić information content (AvgIpc) is 2.87. The van der Waals surface area contributed by atoms with Crippen LogP contribution in [-0.4, -0.2) is 11.7 Å². The van der Waals surface area contributed by atoms with Crippen molar-refractivity contribution >= 4 is 6.08 Å². The molecule has 3 rings (SSSR count). The van der Waals surface area contributed by atoms with Gasteiger partial charge < -0.3 is 4.74 Å². The largest absolute Gasteiger partial charge is 0.497 e. The summed E-state index contributed by atoms with van der Waals surface area (Å²) in [5.74, 6) is 1.96. The normalized spacial score (nSPS) is 10.8. The Kier molecular flexibility index (Phi) is 3.26. The molecule has 21 heavy (non-hydrogen) atoms. The summed E-state index contributed by atoms with van der Waals surface area (Å²) in [5.41, 5.74) is 4.29. The second-order valence-corrected chi connectivity index (χ2v) is 5.03. The fraction of sp³-hybridized carbons (Fsp3) is 0.167. The summed E-state index contributed by atoms with van der Waals surface area (Å²) in [7, 11) is 3.73. The Labute approximate surface area is 125 Å². The van der Waals surface area contributed by atoms with E-state index in [0.29, 0.717) is 0 Å². The number of hydrogen-bond acceptors (Lipinski definition) is 1. The monoisotopic (exact) mass is 278 g/mol. The highest BCUT2D eigenvalue weighted by Crippen LogP contribution is 2.27. The zero-order valence-electron chi connectivity index (χ0n) is 12.6. The van der Waals surface area contributed by atoms with Crippen LogP contribution in [0.15, 0.2) is 43.1 Å². The molecule has 2 heterocycles. The topological polar surface area (TPSA) is 18.0 Å². The standard InChI is InChI=1S/C18H18N2O/c1-5-14-12-20(18-15(14)8-7-11-19(18)3)16-9-6-10-17(21-4)13(16)2/h5-11H,1H2,2-4H3. The zero-order chi connectivity index (χ0) is 15.0. The van der Waals surface area contributed by atoms with E-state index in [1.165, 1.54) is 0 Å². The lowest BCUT2D eigenvalue weighted by Gasteiger charge is -2.14. The molecule has 0 aromatic heterocycles. The van der Waals surface area contributed by atoms with Crippen molar-refractivity contribution in [3.8, 4) is 22.8 Å². The summed E-state index contributed by atoms with van der Waals surface area (Å²) in [6.07, 6.45) is 7.29. The van der Waals surface area contributed by atoms with Crippen LogP contribution in [0.5, 0.6) is 5.75 Å². The van der Waals surface area contributed by atoms with Crippen molar-refractivity contribution in [3.63, 3.8) is 0 Å². The summed E-state index contributed by atoms with van der Waals surface area (Å²) < 4.78 is 9.60. The van der Waals surface area contributed by atoms with Crippen molar-refractivity contribution in [2.75, 3.05) is 7.11 Å². The van der Waals surface area contributed by atoms with E-state index in [4.69, 9.17) is 4.74 Å². The van der Waals surface area contributed by atoms with E-state index in [1.54, 1.807) is 7.11 Å². The van der Waals surface area contributed by atoms with Gasteiger partial charge in [-0.05, 0) is 30.7 Å². The van der Waals surface area contributed by atoms with Crippen LogP contribution in [0.25, 0.3) is 23.2 Å². The van der Waals surface area contributed by atoms with Gasteiger partial charge in [0.2, 0.25) is 0 Å². The molecule has 0 saturated carbocycles. The fourth-order valence-corrected chi connectivity index (χ4v) is 2.72. The number of methoxy groups -OCH3 is 1. The number of fused-ring (bicyclic) bond motifs is 1. The lowest BCUT2D eigenvalue weighted by Crippen LogP contribution is -2.34. The Morgan fingerprint density at radius 2 is 2.10 bits per heavy atom. The molecule has 0 fully saturated rings.